The first kappa shape index (κ1) is 13.9. The smallest absolute Gasteiger partial charge is 0.251 e. The number of hydrogen-bond donors (Lipinski definition) is 0. The lowest BCUT2D eigenvalue weighted by atomic mass is 10.1. The molecule has 0 N–H and O–H groups in total. The van der Waals surface area contributed by atoms with Gasteiger partial charge in [0.2, 0.25) is 5.95 Å². The molecule has 1 unspecified atom stereocenters. The van der Waals surface area contributed by atoms with Crippen LogP contribution in [0.5, 0.6) is 0 Å². The Balaban J connectivity index is 1.49. The van der Waals surface area contributed by atoms with Crippen molar-refractivity contribution in [3.8, 4) is 0 Å². The molecule has 0 bridgehead atoms. The van der Waals surface area contributed by atoms with E-state index in [0.717, 1.165) is 19.4 Å². The summed E-state index contributed by atoms with van der Waals surface area (Å²) in [6.45, 7) is 3.38. The van der Waals surface area contributed by atoms with Crippen LogP contribution in [0.15, 0.2) is 18.5 Å². The molecule has 7 heteroatoms. The standard InChI is InChI=1S/C15H20N4O3/c20-14(12-3-1-7-21-12)18-9-11-13(10-18)22-8-6-19(11)15-16-4-2-5-17-15/h2,4-5,11-13H,1,3,6-10H2/t11-,12?,13+/m1/s1. The molecule has 3 aliphatic rings. The molecule has 1 aromatic rings. The number of fused-ring (bicyclic) bond motifs is 1. The zero-order valence-corrected chi connectivity index (χ0v) is 12.4. The van der Waals surface area contributed by atoms with Gasteiger partial charge in [0.25, 0.3) is 5.91 Å². The minimum atomic E-state index is -0.262. The summed E-state index contributed by atoms with van der Waals surface area (Å²) in [6, 6.07) is 1.94. The molecule has 0 aliphatic carbocycles. The second-order valence-corrected chi connectivity index (χ2v) is 5.96. The van der Waals surface area contributed by atoms with Crippen LogP contribution in [0.1, 0.15) is 12.8 Å². The molecule has 3 atom stereocenters. The molecule has 1 aromatic heterocycles. The van der Waals surface area contributed by atoms with Gasteiger partial charge < -0.3 is 19.3 Å². The van der Waals surface area contributed by atoms with E-state index in [1.807, 2.05) is 11.0 Å². The zero-order valence-electron chi connectivity index (χ0n) is 12.4. The SMILES string of the molecule is O=C(C1CCCO1)N1C[C@@H]2OCCN(c3ncccn3)[C@@H]2C1. The largest absolute Gasteiger partial charge is 0.372 e. The summed E-state index contributed by atoms with van der Waals surface area (Å²) in [4.78, 5) is 25.3. The van der Waals surface area contributed by atoms with Crippen LogP contribution in [0.2, 0.25) is 0 Å². The first-order valence-corrected chi connectivity index (χ1v) is 7.88. The van der Waals surface area contributed by atoms with Crippen LogP contribution in [0.25, 0.3) is 0 Å². The van der Waals surface area contributed by atoms with E-state index in [1.165, 1.54) is 0 Å². The van der Waals surface area contributed by atoms with Gasteiger partial charge in [-0.15, -0.1) is 0 Å². The minimum Gasteiger partial charge on any atom is -0.372 e. The molecule has 0 spiro atoms. The molecule has 0 aromatic carbocycles. The molecule has 3 aliphatic heterocycles. The van der Waals surface area contributed by atoms with Gasteiger partial charge >= 0.3 is 0 Å². The van der Waals surface area contributed by atoms with Gasteiger partial charge in [0.1, 0.15) is 6.10 Å². The first-order valence-electron chi connectivity index (χ1n) is 7.88. The number of morpholine rings is 1. The van der Waals surface area contributed by atoms with Crippen molar-refractivity contribution in [3.63, 3.8) is 0 Å². The second-order valence-electron chi connectivity index (χ2n) is 5.96. The molecule has 7 nitrogen and oxygen atoms in total. The van der Waals surface area contributed by atoms with Gasteiger partial charge in [0.15, 0.2) is 0 Å². The number of hydrogen-bond acceptors (Lipinski definition) is 6. The van der Waals surface area contributed by atoms with Crippen LogP contribution in [0.3, 0.4) is 0 Å². The fourth-order valence-corrected chi connectivity index (χ4v) is 3.53. The van der Waals surface area contributed by atoms with Crippen LogP contribution in [-0.2, 0) is 14.3 Å². The van der Waals surface area contributed by atoms with Crippen molar-refractivity contribution in [1.29, 1.82) is 0 Å². The van der Waals surface area contributed by atoms with Crippen LogP contribution in [-0.4, -0.2) is 71.9 Å². The molecule has 0 radical (unpaired) electrons. The third-order valence-electron chi connectivity index (χ3n) is 4.63. The molecule has 0 saturated carbocycles. The van der Waals surface area contributed by atoms with Crippen LogP contribution in [0.4, 0.5) is 5.95 Å². The van der Waals surface area contributed by atoms with E-state index >= 15 is 0 Å². The maximum Gasteiger partial charge on any atom is 0.251 e. The van der Waals surface area contributed by atoms with E-state index in [9.17, 15) is 4.79 Å². The summed E-state index contributed by atoms with van der Waals surface area (Å²) in [6.07, 6.45) is 5.06. The number of anilines is 1. The summed E-state index contributed by atoms with van der Waals surface area (Å²) in [5, 5.41) is 0. The van der Waals surface area contributed by atoms with Gasteiger partial charge in [-0.1, -0.05) is 0 Å². The van der Waals surface area contributed by atoms with Gasteiger partial charge in [-0.3, -0.25) is 4.79 Å². The Morgan fingerprint density at radius 3 is 2.82 bits per heavy atom. The number of likely N-dealkylation sites (tertiary alicyclic amines) is 1. The molecule has 118 valence electrons. The van der Waals surface area contributed by atoms with Crippen molar-refractivity contribution >= 4 is 11.9 Å². The predicted molar refractivity (Wildman–Crippen MR) is 78.5 cm³/mol. The third kappa shape index (κ3) is 2.44. The van der Waals surface area contributed by atoms with Gasteiger partial charge in [0, 0.05) is 38.6 Å². The van der Waals surface area contributed by atoms with Crippen molar-refractivity contribution in [2.45, 2.75) is 31.1 Å². The third-order valence-corrected chi connectivity index (χ3v) is 4.63. The summed E-state index contributed by atoms with van der Waals surface area (Å²) in [5.74, 6) is 0.816. The zero-order chi connectivity index (χ0) is 14.9. The van der Waals surface area contributed by atoms with E-state index in [-0.39, 0.29) is 24.2 Å². The van der Waals surface area contributed by atoms with Crippen molar-refractivity contribution in [2.75, 3.05) is 37.7 Å². The van der Waals surface area contributed by atoms with Gasteiger partial charge in [-0.2, -0.15) is 0 Å². The van der Waals surface area contributed by atoms with Crippen molar-refractivity contribution in [3.05, 3.63) is 18.5 Å². The molecule has 4 heterocycles. The molecule has 3 fully saturated rings. The number of aromatic nitrogens is 2. The quantitative estimate of drug-likeness (QED) is 0.770. The second kappa shape index (κ2) is 5.81. The average Bonchev–Trinajstić information content (AvgIpc) is 3.24. The monoisotopic (exact) mass is 304 g/mol. The minimum absolute atomic E-state index is 0.0305. The fourth-order valence-electron chi connectivity index (χ4n) is 3.53. The van der Waals surface area contributed by atoms with E-state index in [4.69, 9.17) is 9.47 Å². The average molecular weight is 304 g/mol. The van der Waals surface area contributed by atoms with E-state index in [1.54, 1.807) is 12.4 Å². The Hall–Kier alpha value is -1.73. The predicted octanol–water partition coefficient (Wildman–Crippen LogP) is 0.0716. The van der Waals surface area contributed by atoms with Crippen molar-refractivity contribution in [2.24, 2.45) is 0 Å². The highest BCUT2D eigenvalue weighted by Crippen LogP contribution is 2.27. The van der Waals surface area contributed by atoms with Gasteiger partial charge in [-0.25, -0.2) is 9.97 Å². The lowest BCUT2D eigenvalue weighted by Gasteiger charge is -2.36. The maximum absolute atomic E-state index is 12.5. The number of amides is 1. The lowest BCUT2D eigenvalue weighted by Crippen LogP contribution is -2.51. The summed E-state index contributed by atoms with van der Waals surface area (Å²) < 4.78 is 11.4. The number of rotatable bonds is 2. The highest BCUT2D eigenvalue weighted by atomic mass is 16.5. The number of carbonyl (C=O) groups excluding carboxylic acids is 1. The molecular formula is C15H20N4O3. The number of ether oxygens (including phenoxy) is 2. The van der Waals surface area contributed by atoms with Crippen molar-refractivity contribution in [1.82, 2.24) is 14.9 Å². The Labute approximate surface area is 129 Å². The van der Waals surface area contributed by atoms with Crippen molar-refractivity contribution < 1.29 is 14.3 Å². The van der Waals surface area contributed by atoms with Crippen LogP contribution < -0.4 is 4.90 Å². The Kier molecular flexibility index (Phi) is 3.67. The normalized spacial score (nSPS) is 31.4. The first-order chi connectivity index (χ1) is 10.8. The van der Waals surface area contributed by atoms with Crippen LogP contribution in [0, 0.1) is 0 Å². The Morgan fingerprint density at radius 1 is 1.18 bits per heavy atom. The van der Waals surface area contributed by atoms with Crippen LogP contribution >= 0.6 is 0 Å². The fraction of sp³-hybridized carbons (Fsp3) is 0.667. The summed E-state index contributed by atoms with van der Waals surface area (Å²) in [5.41, 5.74) is 0. The summed E-state index contributed by atoms with van der Waals surface area (Å²) in [7, 11) is 0. The van der Waals surface area contributed by atoms with E-state index in [2.05, 4.69) is 14.9 Å². The highest BCUT2D eigenvalue weighted by molar-refractivity contribution is 5.81. The molecule has 4 rings (SSSR count). The highest BCUT2D eigenvalue weighted by Gasteiger charge is 2.44. The van der Waals surface area contributed by atoms with E-state index < -0.39 is 0 Å². The maximum atomic E-state index is 12.5. The van der Waals surface area contributed by atoms with E-state index in [0.29, 0.717) is 32.3 Å². The topological polar surface area (TPSA) is 67.8 Å². The summed E-state index contributed by atoms with van der Waals surface area (Å²) >= 11 is 0. The van der Waals surface area contributed by atoms with Gasteiger partial charge in [0.05, 0.1) is 18.8 Å². The Bertz CT molecular complexity index is 535. The molecule has 1 amide bonds. The molecular weight excluding hydrogens is 284 g/mol. The number of nitrogens with zero attached hydrogens (tertiary/aromatic N) is 4. The molecule has 3 saturated heterocycles. The Morgan fingerprint density at radius 2 is 2.05 bits per heavy atom. The lowest BCUT2D eigenvalue weighted by molar-refractivity contribution is -0.140. The number of carbonyl (C=O) groups is 1. The molecule has 22 heavy (non-hydrogen) atoms. The van der Waals surface area contributed by atoms with Gasteiger partial charge in [-0.05, 0) is 18.9 Å².